The number of rotatable bonds is 6. The highest BCUT2D eigenvalue weighted by Crippen LogP contribution is 2.42. The molecule has 1 aliphatic heterocycles. The standard InChI is InChI=1S/C22H22BrN5O4/c1-4-32-17-10-13(9-14(23)20(17)29)19-18(12(2)26-22-24-11-25-28(19)22)21(30)27-15-7-5-6-8-16(15)31-3/h5-11,19,29H,4H2,1-3H3,(H,27,30)(H,24,25,26)/t19-/m0/s1. The molecule has 0 bridgehead atoms. The van der Waals surface area contributed by atoms with E-state index < -0.39 is 6.04 Å². The molecule has 1 atom stereocenters. The molecule has 1 aliphatic rings. The molecule has 3 N–H and O–H groups in total. The first-order valence-electron chi connectivity index (χ1n) is 9.91. The number of nitrogens with one attached hydrogen (secondary N) is 2. The Morgan fingerprint density at radius 2 is 2.09 bits per heavy atom. The van der Waals surface area contributed by atoms with E-state index >= 15 is 0 Å². The predicted molar refractivity (Wildman–Crippen MR) is 123 cm³/mol. The van der Waals surface area contributed by atoms with Gasteiger partial charge in [-0.05, 0) is 59.6 Å². The van der Waals surface area contributed by atoms with Crippen molar-refractivity contribution < 1.29 is 19.4 Å². The van der Waals surface area contributed by atoms with Crippen LogP contribution < -0.4 is 20.1 Å². The lowest BCUT2D eigenvalue weighted by Crippen LogP contribution is -2.31. The molecule has 0 saturated heterocycles. The second-order valence-corrected chi connectivity index (χ2v) is 7.89. The average molecular weight is 500 g/mol. The summed E-state index contributed by atoms with van der Waals surface area (Å²) < 4.78 is 13.0. The third kappa shape index (κ3) is 3.89. The molecule has 0 saturated carbocycles. The van der Waals surface area contributed by atoms with Crippen LogP contribution in [0, 0.1) is 0 Å². The van der Waals surface area contributed by atoms with Crippen LogP contribution in [0.5, 0.6) is 17.2 Å². The third-order valence-electron chi connectivity index (χ3n) is 5.06. The van der Waals surface area contributed by atoms with Crippen molar-refractivity contribution in [3.05, 3.63) is 64.0 Å². The molecule has 2 aromatic carbocycles. The maximum atomic E-state index is 13.5. The maximum absolute atomic E-state index is 13.5. The highest BCUT2D eigenvalue weighted by Gasteiger charge is 2.34. The largest absolute Gasteiger partial charge is 0.503 e. The fourth-order valence-electron chi connectivity index (χ4n) is 3.65. The van der Waals surface area contributed by atoms with Gasteiger partial charge in [0, 0.05) is 5.70 Å². The molecule has 2 heterocycles. The van der Waals surface area contributed by atoms with Crippen LogP contribution in [0.4, 0.5) is 11.6 Å². The summed E-state index contributed by atoms with van der Waals surface area (Å²) >= 11 is 3.38. The van der Waals surface area contributed by atoms with Gasteiger partial charge in [-0.1, -0.05) is 12.1 Å². The summed E-state index contributed by atoms with van der Waals surface area (Å²) in [4.78, 5) is 17.8. The number of benzene rings is 2. The molecule has 3 aromatic rings. The van der Waals surface area contributed by atoms with Gasteiger partial charge < -0.3 is 25.2 Å². The summed E-state index contributed by atoms with van der Waals surface area (Å²) in [5.74, 6) is 1.02. The van der Waals surface area contributed by atoms with Gasteiger partial charge in [-0.3, -0.25) is 4.79 Å². The molecule has 32 heavy (non-hydrogen) atoms. The van der Waals surface area contributed by atoms with Gasteiger partial charge >= 0.3 is 0 Å². The Kier molecular flexibility index (Phi) is 6.04. The van der Waals surface area contributed by atoms with E-state index in [4.69, 9.17) is 9.47 Å². The minimum Gasteiger partial charge on any atom is -0.503 e. The highest BCUT2D eigenvalue weighted by molar-refractivity contribution is 9.10. The number of nitrogens with zero attached hydrogens (tertiary/aromatic N) is 3. The molecule has 0 spiro atoms. The third-order valence-corrected chi connectivity index (χ3v) is 5.67. The molecule has 0 aliphatic carbocycles. The summed E-state index contributed by atoms with van der Waals surface area (Å²) in [6.07, 6.45) is 1.42. The maximum Gasteiger partial charge on any atom is 0.255 e. The zero-order valence-corrected chi connectivity index (χ0v) is 19.3. The van der Waals surface area contributed by atoms with E-state index in [1.165, 1.54) is 6.33 Å². The number of fused-ring (bicyclic) bond motifs is 1. The quantitative estimate of drug-likeness (QED) is 0.468. The number of phenolic OH excluding ortho intramolecular Hbond substituents is 1. The van der Waals surface area contributed by atoms with Crippen molar-refractivity contribution in [2.45, 2.75) is 19.9 Å². The zero-order valence-electron chi connectivity index (χ0n) is 17.7. The SMILES string of the molecule is CCOc1cc([C@H]2C(C(=O)Nc3ccccc3OC)=C(C)Nc3ncnn32)cc(Br)c1O. The van der Waals surface area contributed by atoms with Gasteiger partial charge in [0.25, 0.3) is 5.91 Å². The number of allylic oxidation sites excluding steroid dienone is 1. The normalized spacial score (nSPS) is 15.1. The molecule has 166 valence electrons. The van der Waals surface area contributed by atoms with Crippen molar-refractivity contribution in [1.29, 1.82) is 0 Å². The summed E-state index contributed by atoms with van der Waals surface area (Å²) in [5.41, 5.74) is 2.31. The minimum atomic E-state index is -0.612. The van der Waals surface area contributed by atoms with Gasteiger partial charge in [0.05, 0.1) is 29.4 Å². The number of carbonyl (C=O) groups excluding carboxylic acids is 1. The summed E-state index contributed by atoms with van der Waals surface area (Å²) in [6.45, 7) is 4.01. The van der Waals surface area contributed by atoms with Crippen molar-refractivity contribution in [3.63, 3.8) is 0 Å². The van der Waals surface area contributed by atoms with Crippen molar-refractivity contribution in [3.8, 4) is 17.2 Å². The molecular weight excluding hydrogens is 478 g/mol. The molecule has 10 heteroatoms. The molecule has 9 nitrogen and oxygen atoms in total. The van der Waals surface area contributed by atoms with Crippen LogP contribution in [-0.2, 0) is 4.79 Å². The van der Waals surface area contributed by atoms with Crippen LogP contribution in [0.3, 0.4) is 0 Å². The number of anilines is 2. The number of phenols is 1. The fraction of sp³-hybridized carbons (Fsp3) is 0.227. The van der Waals surface area contributed by atoms with Gasteiger partial charge in [0.1, 0.15) is 18.1 Å². The van der Waals surface area contributed by atoms with Crippen molar-refractivity contribution in [1.82, 2.24) is 14.8 Å². The van der Waals surface area contributed by atoms with Crippen LogP contribution in [-0.4, -0.2) is 39.5 Å². The molecular formula is C22H22BrN5O4. The van der Waals surface area contributed by atoms with E-state index in [-0.39, 0.29) is 11.7 Å². The number of amides is 1. The number of hydrogen-bond donors (Lipinski definition) is 3. The molecule has 4 rings (SSSR count). The highest BCUT2D eigenvalue weighted by atomic mass is 79.9. The lowest BCUT2D eigenvalue weighted by atomic mass is 9.94. The van der Waals surface area contributed by atoms with Gasteiger partial charge in [-0.15, -0.1) is 0 Å². The van der Waals surface area contributed by atoms with Crippen LogP contribution >= 0.6 is 15.9 Å². The topological polar surface area (TPSA) is 111 Å². The monoisotopic (exact) mass is 499 g/mol. The molecule has 1 aromatic heterocycles. The lowest BCUT2D eigenvalue weighted by Gasteiger charge is -2.29. The van der Waals surface area contributed by atoms with Gasteiger partial charge in [0.2, 0.25) is 5.95 Å². The Morgan fingerprint density at radius 1 is 1.31 bits per heavy atom. The fourth-order valence-corrected chi connectivity index (χ4v) is 4.11. The second kappa shape index (κ2) is 8.91. The number of halogens is 1. The first kappa shape index (κ1) is 21.7. The van der Waals surface area contributed by atoms with E-state index in [0.717, 1.165) is 0 Å². The second-order valence-electron chi connectivity index (χ2n) is 7.03. The van der Waals surface area contributed by atoms with Crippen molar-refractivity contribution >= 4 is 33.5 Å². The summed E-state index contributed by atoms with van der Waals surface area (Å²) in [7, 11) is 1.55. The lowest BCUT2D eigenvalue weighted by molar-refractivity contribution is -0.113. The number of aromatic nitrogens is 3. The van der Waals surface area contributed by atoms with Crippen molar-refractivity contribution in [2.24, 2.45) is 0 Å². The van der Waals surface area contributed by atoms with Crippen LogP contribution in [0.1, 0.15) is 25.5 Å². The number of para-hydroxylation sites is 2. The summed E-state index contributed by atoms with van der Waals surface area (Å²) in [6, 6.07) is 10.0. The predicted octanol–water partition coefficient (Wildman–Crippen LogP) is 4.08. The molecule has 0 radical (unpaired) electrons. The van der Waals surface area contributed by atoms with Crippen LogP contribution in [0.25, 0.3) is 0 Å². The van der Waals surface area contributed by atoms with E-state index in [1.807, 2.05) is 19.1 Å². The van der Waals surface area contributed by atoms with Gasteiger partial charge in [-0.25, -0.2) is 4.68 Å². The number of carbonyl (C=O) groups is 1. The minimum absolute atomic E-state index is 0.0101. The van der Waals surface area contributed by atoms with E-state index in [1.54, 1.807) is 43.0 Å². The first-order valence-corrected chi connectivity index (χ1v) is 10.7. The number of methoxy groups -OCH3 is 1. The average Bonchev–Trinajstić information content (AvgIpc) is 3.24. The molecule has 0 unspecified atom stereocenters. The van der Waals surface area contributed by atoms with Gasteiger partial charge in [0.15, 0.2) is 11.5 Å². The van der Waals surface area contributed by atoms with Crippen molar-refractivity contribution in [2.75, 3.05) is 24.4 Å². The Morgan fingerprint density at radius 3 is 2.84 bits per heavy atom. The van der Waals surface area contributed by atoms with Crippen LogP contribution in [0.15, 0.2) is 58.5 Å². The first-order chi connectivity index (χ1) is 15.4. The Balaban J connectivity index is 1.81. The molecule has 0 fully saturated rings. The Hall–Kier alpha value is -3.53. The van der Waals surface area contributed by atoms with E-state index in [0.29, 0.717) is 51.0 Å². The summed E-state index contributed by atoms with van der Waals surface area (Å²) in [5, 5.41) is 20.8. The number of hydrogen-bond acceptors (Lipinski definition) is 7. The van der Waals surface area contributed by atoms with Gasteiger partial charge in [-0.2, -0.15) is 10.1 Å². The van der Waals surface area contributed by atoms with E-state index in [2.05, 4.69) is 36.6 Å². The number of ether oxygens (including phenoxy) is 2. The smallest absolute Gasteiger partial charge is 0.255 e. The Labute approximate surface area is 193 Å². The Bertz CT molecular complexity index is 1210. The van der Waals surface area contributed by atoms with E-state index in [9.17, 15) is 9.90 Å². The zero-order chi connectivity index (χ0) is 22.8. The van der Waals surface area contributed by atoms with Crippen LogP contribution in [0.2, 0.25) is 0 Å². The number of aromatic hydroxyl groups is 1. The molecule has 1 amide bonds.